The average Bonchev–Trinajstić information content (AvgIpc) is 3.12. The van der Waals surface area contributed by atoms with E-state index < -0.39 is 0 Å². The predicted molar refractivity (Wildman–Crippen MR) is 112 cm³/mol. The molecular weight excluding hydrogens is 352 g/mol. The maximum absolute atomic E-state index is 5.97. The van der Waals surface area contributed by atoms with Gasteiger partial charge in [0.05, 0.1) is 6.54 Å². The molecule has 1 aliphatic heterocycles. The van der Waals surface area contributed by atoms with Crippen molar-refractivity contribution in [1.29, 1.82) is 0 Å². The number of aliphatic imine (C=N–C) groups is 1. The van der Waals surface area contributed by atoms with Crippen LogP contribution in [0.5, 0.6) is 11.5 Å². The molecule has 0 fully saturated rings. The van der Waals surface area contributed by atoms with Crippen molar-refractivity contribution in [3.05, 3.63) is 59.8 Å². The molecule has 1 aliphatic rings. The van der Waals surface area contributed by atoms with Gasteiger partial charge in [-0.05, 0) is 42.7 Å². The lowest BCUT2D eigenvalue weighted by Crippen LogP contribution is -2.45. The normalized spacial score (nSPS) is 16.2. The predicted octanol–water partition coefficient (Wildman–Crippen LogP) is 3.02. The molecule has 0 aliphatic carbocycles. The summed E-state index contributed by atoms with van der Waals surface area (Å²) in [5.74, 6) is 2.35. The summed E-state index contributed by atoms with van der Waals surface area (Å²) in [5, 5.41) is 7.97. The molecule has 2 heterocycles. The van der Waals surface area contributed by atoms with E-state index in [1.807, 2.05) is 24.3 Å². The number of aromatic nitrogens is 1. The number of aromatic amines is 1. The number of hydrogen-bond acceptors (Lipinski definition) is 3. The molecule has 3 N–H and O–H groups in total. The van der Waals surface area contributed by atoms with E-state index in [0.29, 0.717) is 13.2 Å². The van der Waals surface area contributed by atoms with Gasteiger partial charge in [0, 0.05) is 30.7 Å². The van der Waals surface area contributed by atoms with Crippen LogP contribution in [0.1, 0.15) is 11.1 Å². The Bertz CT molecular complexity index is 980. The Morgan fingerprint density at radius 3 is 2.89 bits per heavy atom. The lowest BCUT2D eigenvalue weighted by Gasteiger charge is -2.27. The Hall–Kier alpha value is -3.15. The van der Waals surface area contributed by atoms with Crippen LogP contribution >= 0.6 is 0 Å². The Labute approximate surface area is 165 Å². The molecule has 2 aromatic carbocycles. The van der Waals surface area contributed by atoms with Crippen LogP contribution in [0, 0.1) is 6.92 Å². The van der Waals surface area contributed by atoms with Gasteiger partial charge in [0.25, 0.3) is 0 Å². The smallest absolute Gasteiger partial charge is 0.191 e. The summed E-state index contributed by atoms with van der Waals surface area (Å²) in [6.07, 6.45) is 2.96. The maximum atomic E-state index is 5.97. The molecule has 0 spiro atoms. The summed E-state index contributed by atoms with van der Waals surface area (Å²) in [6.45, 7) is 4.05. The second-order valence-corrected chi connectivity index (χ2v) is 6.99. The molecule has 0 radical (unpaired) electrons. The van der Waals surface area contributed by atoms with Crippen LogP contribution in [-0.4, -0.2) is 43.8 Å². The van der Waals surface area contributed by atoms with Crippen molar-refractivity contribution in [2.75, 3.05) is 26.7 Å². The molecule has 28 heavy (non-hydrogen) atoms. The van der Waals surface area contributed by atoms with E-state index in [2.05, 4.69) is 51.9 Å². The van der Waals surface area contributed by atoms with E-state index in [1.54, 1.807) is 7.05 Å². The van der Waals surface area contributed by atoms with Gasteiger partial charge < -0.3 is 25.1 Å². The van der Waals surface area contributed by atoms with Gasteiger partial charge in [-0.25, -0.2) is 0 Å². The molecule has 3 aromatic rings. The van der Waals surface area contributed by atoms with Crippen molar-refractivity contribution >= 4 is 16.9 Å². The SMILES string of the molecule is CN=C(NCCc1c[nH]c2cc(C)ccc12)NCC1COc2ccccc2O1. The highest BCUT2D eigenvalue weighted by atomic mass is 16.6. The lowest BCUT2D eigenvalue weighted by atomic mass is 10.1. The van der Waals surface area contributed by atoms with Crippen LogP contribution in [0.15, 0.2) is 53.7 Å². The average molecular weight is 378 g/mol. The fourth-order valence-electron chi connectivity index (χ4n) is 3.42. The number of hydrogen-bond donors (Lipinski definition) is 3. The Kier molecular flexibility index (Phi) is 5.37. The van der Waals surface area contributed by atoms with E-state index in [1.165, 1.54) is 22.0 Å². The minimum Gasteiger partial charge on any atom is -0.486 e. The zero-order valence-corrected chi connectivity index (χ0v) is 16.3. The first-order valence-electron chi connectivity index (χ1n) is 9.62. The van der Waals surface area contributed by atoms with Gasteiger partial charge in [0.1, 0.15) is 12.7 Å². The number of nitrogens with one attached hydrogen (secondary N) is 3. The molecule has 0 saturated heterocycles. The Balaban J connectivity index is 1.26. The van der Waals surface area contributed by atoms with E-state index >= 15 is 0 Å². The number of rotatable bonds is 5. The van der Waals surface area contributed by atoms with Crippen LogP contribution in [-0.2, 0) is 6.42 Å². The minimum atomic E-state index is -0.0506. The van der Waals surface area contributed by atoms with Gasteiger partial charge in [0.2, 0.25) is 0 Å². The number of nitrogens with zero attached hydrogens (tertiary/aromatic N) is 1. The van der Waals surface area contributed by atoms with Crippen molar-refractivity contribution in [3.63, 3.8) is 0 Å². The van der Waals surface area contributed by atoms with Gasteiger partial charge >= 0.3 is 0 Å². The third-order valence-electron chi connectivity index (χ3n) is 4.90. The van der Waals surface area contributed by atoms with E-state index in [4.69, 9.17) is 9.47 Å². The molecule has 1 aromatic heterocycles. The zero-order valence-electron chi connectivity index (χ0n) is 16.3. The summed E-state index contributed by atoms with van der Waals surface area (Å²) < 4.78 is 11.7. The van der Waals surface area contributed by atoms with Gasteiger partial charge in [-0.1, -0.05) is 24.3 Å². The molecule has 146 valence electrons. The number of aryl methyl sites for hydroxylation is 1. The fraction of sp³-hybridized carbons (Fsp3) is 0.318. The Morgan fingerprint density at radius 1 is 1.18 bits per heavy atom. The monoisotopic (exact) mass is 378 g/mol. The van der Waals surface area contributed by atoms with Crippen molar-refractivity contribution < 1.29 is 9.47 Å². The summed E-state index contributed by atoms with van der Waals surface area (Å²) in [4.78, 5) is 7.65. The van der Waals surface area contributed by atoms with Gasteiger partial charge in [-0.3, -0.25) is 4.99 Å². The largest absolute Gasteiger partial charge is 0.486 e. The number of fused-ring (bicyclic) bond motifs is 2. The number of guanidine groups is 1. The topological polar surface area (TPSA) is 70.7 Å². The molecule has 6 heteroatoms. The van der Waals surface area contributed by atoms with Crippen molar-refractivity contribution in [1.82, 2.24) is 15.6 Å². The highest BCUT2D eigenvalue weighted by Gasteiger charge is 2.20. The third kappa shape index (κ3) is 4.06. The van der Waals surface area contributed by atoms with Crippen LogP contribution in [0.25, 0.3) is 10.9 Å². The van der Waals surface area contributed by atoms with E-state index in [-0.39, 0.29) is 6.10 Å². The highest BCUT2D eigenvalue weighted by molar-refractivity contribution is 5.84. The zero-order chi connectivity index (χ0) is 19.3. The molecule has 1 atom stereocenters. The first-order valence-corrected chi connectivity index (χ1v) is 9.62. The first-order chi connectivity index (χ1) is 13.7. The number of benzene rings is 2. The third-order valence-corrected chi connectivity index (χ3v) is 4.90. The molecule has 0 amide bonds. The van der Waals surface area contributed by atoms with Crippen LogP contribution < -0.4 is 20.1 Å². The molecule has 6 nitrogen and oxygen atoms in total. The van der Waals surface area contributed by atoms with Crippen molar-refractivity contribution in [2.24, 2.45) is 4.99 Å². The van der Waals surface area contributed by atoms with Gasteiger partial charge in [-0.2, -0.15) is 0 Å². The number of H-pyrrole nitrogens is 1. The van der Waals surface area contributed by atoms with Crippen molar-refractivity contribution in [2.45, 2.75) is 19.4 Å². The van der Waals surface area contributed by atoms with Gasteiger partial charge in [0.15, 0.2) is 17.5 Å². The maximum Gasteiger partial charge on any atom is 0.191 e. The van der Waals surface area contributed by atoms with Crippen molar-refractivity contribution in [3.8, 4) is 11.5 Å². The molecule has 4 rings (SSSR count). The lowest BCUT2D eigenvalue weighted by molar-refractivity contribution is 0.0936. The standard InChI is InChI=1S/C22H26N4O2/c1-15-7-8-18-16(12-25-19(18)11-15)9-10-24-22(23-2)26-13-17-14-27-20-5-3-4-6-21(20)28-17/h3-8,11-12,17,25H,9-10,13-14H2,1-2H3,(H2,23,24,26). The summed E-state index contributed by atoms with van der Waals surface area (Å²) in [5.41, 5.74) is 3.76. The molecule has 1 unspecified atom stereocenters. The fourth-order valence-corrected chi connectivity index (χ4v) is 3.42. The second kappa shape index (κ2) is 8.25. The highest BCUT2D eigenvalue weighted by Crippen LogP contribution is 2.30. The molecule has 0 bridgehead atoms. The number of para-hydroxylation sites is 2. The first kappa shape index (κ1) is 18.2. The van der Waals surface area contributed by atoms with Gasteiger partial charge in [-0.15, -0.1) is 0 Å². The van der Waals surface area contributed by atoms with E-state index in [0.717, 1.165) is 30.4 Å². The summed E-state index contributed by atoms with van der Waals surface area (Å²) >= 11 is 0. The van der Waals surface area contributed by atoms with Crippen LogP contribution in [0.3, 0.4) is 0 Å². The summed E-state index contributed by atoms with van der Waals surface area (Å²) in [7, 11) is 1.78. The van der Waals surface area contributed by atoms with E-state index in [9.17, 15) is 0 Å². The summed E-state index contributed by atoms with van der Waals surface area (Å²) in [6, 6.07) is 14.3. The number of ether oxygens (including phenoxy) is 2. The minimum absolute atomic E-state index is 0.0506. The quantitative estimate of drug-likeness (QED) is 0.471. The Morgan fingerprint density at radius 2 is 2.04 bits per heavy atom. The molecular formula is C22H26N4O2. The van der Waals surface area contributed by atoms with Crippen LogP contribution in [0.2, 0.25) is 0 Å². The molecule has 0 saturated carbocycles. The van der Waals surface area contributed by atoms with Crippen LogP contribution in [0.4, 0.5) is 0 Å². The second-order valence-electron chi connectivity index (χ2n) is 6.99.